The summed E-state index contributed by atoms with van der Waals surface area (Å²) in [6, 6.07) is 7.74. The number of hydrogen-bond acceptors (Lipinski definition) is 6. The number of aromatic nitrogens is 1. The molecule has 7 heteroatoms. The lowest BCUT2D eigenvalue weighted by molar-refractivity contribution is -0.139. The zero-order valence-electron chi connectivity index (χ0n) is 16.3. The minimum atomic E-state index is -0.806. The van der Waals surface area contributed by atoms with E-state index in [-0.39, 0.29) is 18.2 Å². The van der Waals surface area contributed by atoms with Crippen molar-refractivity contribution in [2.24, 2.45) is 0 Å². The van der Waals surface area contributed by atoms with E-state index in [2.05, 4.69) is 4.98 Å². The first-order valence-corrected chi connectivity index (χ1v) is 10.5. The Hall–Kier alpha value is -2.41. The molecular weight excluding hydrogens is 376 g/mol. The number of carbonyl (C=O) groups is 2. The number of likely N-dealkylation sites (tertiary alicyclic amines) is 1. The van der Waals surface area contributed by atoms with Gasteiger partial charge < -0.3 is 14.4 Å². The summed E-state index contributed by atoms with van der Waals surface area (Å²) in [5.74, 6) is 0.0449. The highest BCUT2D eigenvalue weighted by Gasteiger charge is 2.25. The summed E-state index contributed by atoms with van der Waals surface area (Å²) in [6.07, 6.45) is 3.49. The summed E-state index contributed by atoms with van der Waals surface area (Å²) < 4.78 is 11.0. The predicted octanol–water partition coefficient (Wildman–Crippen LogP) is 3.98. The SMILES string of the molecule is Cc1ccc(OCc2nc(C(=O)OC(C)C(=O)N3CCCCCC3)cs2)cc1. The summed E-state index contributed by atoms with van der Waals surface area (Å²) in [5, 5.41) is 2.32. The maximum atomic E-state index is 12.5. The van der Waals surface area contributed by atoms with E-state index in [9.17, 15) is 9.59 Å². The van der Waals surface area contributed by atoms with Crippen molar-refractivity contribution in [3.8, 4) is 5.75 Å². The van der Waals surface area contributed by atoms with E-state index in [1.54, 1.807) is 17.2 Å². The quantitative estimate of drug-likeness (QED) is 0.684. The summed E-state index contributed by atoms with van der Waals surface area (Å²) in [6.45, 7) is 5.39. The topological polar surface area (TPSA) is 68.7 Å². The van der Waals surface area contributed by atoms with Crippen LogP contribution in [0.15, 0.2) is 29.6 Å². The average Bonchev–Trinajstić information content (AvgIpc) is 3.00. The van der Waals surface area contributed by atoms with Gasteiger partial charge in [-0.2, -0.15) is 0 Å². The van der Waals surface area contributed by atoms with Crippen molar-refractivity contribution in [1.82, 2.24) is 9.88 Å². The van der Waals surface area contributed by atoms with E-state index in [4.69, 9.17) is 9.47 Å². The van der Waals surface area contributed by atoms with Crippen LogP contribution in [0, 0.1) is 6.92 Å². The Morgan fingerprint density at radius 3 is 2.50 bits per heavy atom. The molecule has 1 aromatic carbocycles. The van der Waals surface area contributed by atoms with E-state index >= 15 is 0 Å². The third-order valence-electron chi connectivity index (χ3n) is 4.69. The van der Waals surface area contributed by atoms with Crippen LogP contribution in [0.1, 0.15) is 53.7 Å². The maximum absolute atomic E-state index is 12.5. The second-order valence-electron chi connectivity index (χ2n) is 7.02. The second-order valence-corrected chi connectivity index (χ2v) is 7.96. The fourth-order valence-corrected chi connectivity index (χ4v) is 3.74. The molecular formula is C21H26N2O4S. The first-order valence-electron chi connectivity index (χ1n) is 9.66. The molecule has 1 aliphatic rings. The molecule has 28 heavy (non-hydrogen) atoms. The van der Waals surface area contributed by atoms with Crippen molar-refractivity contribution in [3.63, 3.8) is 0 Å². The Balaban J connectivity index is 1.51. The van der Waals surface area contributed by atoms with Gasteiger partial charge in [0.2, 0.25) is 0 Å². The molecule has 2 aromatic rings. The first kappa shape index (κ1) is 20.3. The van der Waals surface area contributed by atoms with Gasteiger partial charge in [-0.05, 0) is 38.8 Å². The molecule has 1 atom stereocenters. The van der Waals surface area contributed by atoms with Crippen LogP contribution in [-0.2, 0) is 16.1 Å². The number of benzene rings is 1. The van der Waals surface area contributed by atoms with Crippen molar-refractivity contribution in [2.45, 2.75) is 52.2 Å². The molecule has 0 radical (unpaired) electrons. The van der Waals surface area contributed by atoms with E-state index in [1.807, 2.05) is 31.2 Å². The molecule has 1 saturated heterocycles. The second kappa shape index (κ2) is 9.68. The van der Waals surface area contributed by atoms with Crippen LogP contribution in [-0.4, -0.2) is 41.0 Å². The number of esters is 1. The Kier molecular flexibility index (Phi) is 7.03. The van der Waals surface area contributed by atoms with E-state index in [0.717, 1.165) is 50.1 Å². The molecule has 2 heterocycles. The van der Waals surface area contributed by atoms with Crippen LogP contribution in [0.25, 0.3) is 0 Å². The zero-order valence-corrected chi connectivity index (χ0v) is 17.2. The van der Waals surface area contributed by atoms with Crippen molar-refractivity contribution >= 4 is 23.2 Å². The van der Waals surface area contributed by atoms with Gasteiger partial charge in [-0.25, -0.2) is 9.78 Å². The predicted molar refractivity (Wildman–Crippen MR) is 108 cm³/mol. The third kappa shape index (κ3) is 5.55. The summed E-state index contributed by atoms with van der Waals surface area (Å²) >= 11 is 1.33. The molecule has 0 bridgehead atoms. The Morgan fingerprint density at radius 2 is 1.82 bits per heavy atom. The fraction of sp³-hybridized carbons (Fsp3) is 0.476. The molecule has 1 fully saturated rings. The number of hydrogen-bond donors (Lipinski definition) is 0. The largest absolute Gasteiger partial charge is 0.486 e. The standard InChI is InChI=1S/C21H26N2O4S/c1-15-7-9-17(10-8-15)26-13-19-22-18(14-28-19)21(25)27-16(2)20(24)23-11-5-3-4-6-12-23/h7-10,14,16H,3-6,11-13H2,1-2H3. The van der Waals surface area contributed by atoms with Crippen molar-refractivity contribution in [2.75, 3.05) is 13.1 Å². The molecule has 0 N–H and O–H groups in total. The van der Waals surface area contributed by atoms with Crippen molar-refractivity contribution < 1.29 is 19.1 Å². The van der Waals surface area contributed by atoms with Crippen LogP contribution in [0.4, 0.5) is 0 Å². The number of carbonyl (C=O) groups excluding carboxylic acids is 2. The van der Waals surface area contributed by atoms with Gasteiger partial charge in [0.1, 0.15) is 17.4 Å². The number of ether oxygens (including phenoxy) is 2. The third-order valence-corrected chi connectivity index (χ3v) is 5.52. The minimum Gasteiger partial charge on any atom is -0.486 e. The molecule has 1 aliphatic heterocycles. The van der Waals surface area contributed by atoms with Gasteiger partial charge in [0.15, 0.2) is 11.8 Å². The fourth-order valence-electron chi connectivity index (χ4n) is 3.07. The normalized spacial score (nSPS) is 15.6. The molecule has 3 rings (SSSR count). The highest BCUT2D eigenvalue weighted by Crippen LogP contribution is 2.17. The molecule has 6 nitrogen and oxygen atoms in total. The lowest BCUT2D eigenvalue weighted by Gasteiger charge is -2.23. The Labute approximate surface area is 169 Å². The number of thiazole rings is 1. The van der Waals surface area contributed by atoms with Crippen LogP contribution >= 0.6 is 11.3 Å². The van der Waals surface area contributed by atoms with Gasteiger partial charge in [-0.15, -0.1) is 11.3 Å². The van der Waals surface area contributed by atoms with Crippen LogP contribution < -0.4 is 4.74 Å². The first-order chi connectivity index (χ1) is 13.5. The molecule has 1 unspecified atom stereocenters. The smallest absolute Gasteiger partial charge is 0.358 e. The molecule has 1 aromatic heterocycles. The van der Waals surface area contributed by atoms with Gasteiger partial charge in [-0.1, -0.05) is 30.5 Å². The van der Waals surface area contributed by atoms with E-state index in [0.29, 0.717) is 5.01 Å². The van der Waals surface area contributed by atoms with Gasteiger partial charge in [0.25, 0.3) is 5.91 Å². The summed E-state index contributed by atoms with van der Waals surface area (Å²) in [5.41, 5.74) is 1.37. The molecule has 0 aliphatic carbocycles. The van der Waals surface area contributed by atoms with Crippen LogP contribution in [0.5, 0.6) is 5.75 Å². The van der Waals surface area contributed by atoms with E-state index < -0.39 is 12.1 Å². The van der Waals surface area contributed by atoms with Crippen LogP contribution in [0.2, 0.25) is 0 Å². The maximum Gasteiger partial charge on any atom is 0.358 e. The monoisotopic (exact) mass is 402 g/mol. The number of amides is 1. The van der Waals surface area contributed by atoms with E-state index in [1.165, 1.54) is 11.3 Å². The summed E-state index contributed by atoms with van der Waals surface area (Å²) in [7, 11) is 0. The number of rotatable bonds is 6. The van der Waals surface area contributed by atoms with Gasteiger partial charge in [-0.3, -0.25) is 4.79 Å². The Morgan fingerprint density at radius 1 is 1.14 bits per heavy atom. The van der Waals surface area contributed by atoms with Gasteiger partial charge in [0, 0.05) is 18.5 Å². The molecule has 150 valence electrons. The highest BCUT2D eigenvalue weighted by molar-refractivity contribution is 7.09. The highest BCUT2D eigenvalue weighted by atomic mass is 32.1. The minimum absolute atomic E-state index is 0.131. The van der Waals surface area contributed by atoms with Crippen molar-refractivity contribution in [3.05, 3.63) is 45.9 Å². The Bertz CT molecular complexity index is 795. The van der Waals surface area contributed by atoms with Gasteiger partial charge in [0.05, 0.1) is 0 Å². The number of aryl methyl sites for hydroxylation is 1. The molecule has 0 spiro atoms. The average molecular weight is 403 g/mol. The molecule has 0 saturated carbocycles. The van der Waals surface area contributed by atoms with Crippen LogP contribution in [0.3, 0.4) is 0 Å². The number of nitrogens with zero attached hydrogens (tertiary/aromatic N) is 2. The lowest BCUT2D eigenvalue weighted by Crippen LogP contribution is -2.40. The van der Waals surface area contributed by atoms with Crippen molar-refractivity contribution in [1.29, 1.82) is 0 Å². The lowest BCUT2D eigenvalue weighted by atomic mass is 10.2. The zero-order chi connectivity index (χ0) is 19.9. The molecule has 1 amide bonds. The van der Waals surface area contributed by atoms with Gasteiger partial charge >= 0.3 is 5.97 Å². The summed E-state index contributed by atoms with van der Waals surface area (Å²) in [4.78, 5) is 30.9.